The number of esters is 1. The van der Waals surface area contributed by atoms with Gasteiger partial charge in [0.25, 0.3) is 0 Å². The second kappa shape index (κ2) is 3.27. The van der Waals surface area contributed by atoms with Crippen molar-refractivity contribution in [3.63, 3.8) is 0 Å². The fourth-order valence-electron chi connectivity index (χ4n) is 1.22. The predicted molar refractivity (Wildman–Crippen MR) is 44.3 cm³/mol. The van der Waals surface area contributed by atoms with Crippen molar-refractivity contribution >= 4 is 5.97 Å². The normalized spacial score (nSPS) is 28.6. The first-order chi connectivity index (χ1) is 5.57. The first-order valence-corrected chi connectivity index (χ1v) is 4.22. The van der Waals surface area contributed by atoms with Gasteiger partial charge in [0.15, 0.2) is 0 Å². The van der Waals surface area contributed by atoms with Crippen LogP contribution in [0.4, 0.5) is 0 Å². The zero-order valence-corrected chi connectivity index (χ0v) is 7.46. The lowest BCUT2D eigenvalue weighted by atomic mass is 10.1. The van der Waals surface area contributed by atoms with Gasteiger partial charge in [0.2, 0.25) is 5.79 Å². The second-order valence-electron chi connectivity index (χ2n) is 3.17. The fourth-order valence-corrected chi connectivity index (χ4v) is 1.22. The summed E-state index contributed by atoms with van der Waals surface area (Å²) in [6.07, 6.45) is 3.82. The molecule has 0 amide bonds. The van der Waals surface area contributed by atoms with Crippen LogP contribution in [0, 0.1) is 0 Å². The fraction of sp³-hybridized carbons (Fsp3) is 0.667. The molecule has 68 valence electrons. The minimum Gasteiger partial charge on any atom is -0.426 e. The summed E-state index contributed by atoms with van der Waals surface area (Å²) in [6.45, 7) is 3.67. The third-order valence-electron chi connectivity index (χ3n) is 1.92. The van der Waals surface area contributed by atoms with Crippen LogP contribution in [0.15, 0.2) is 11.6 Å². The Balaban J connectivity index is 2.58. The van der Waals surface area contributed by atoms with E-state index >= 15 is 0 Å². The van der Waals surface area contributed by atoms with E-state index in [4.69, 9.17) is 4.74 Å². The predicted octanol–water partition coefficient (Wildman–Crippen LogP) is 1.37. The van der Waals surface area contributed by atoms with Gasteiger partial charge in [-0.1, -0.05) is 13.3 Å². The molecule has 0 aromatic rings. The molecule has 0 spiro atoms. The number of hydrogen-bond acceptors (Lipinski definition) is 3. The Hall–Kier alpha value is -0.830. The average molecular weight is 170 g/mol. The van der Waals surface area contributed by atoms with Crippen LogP contribution in [0.3, 0.4) is 0 Å². The maximum atomic E-state index is 10.9. The summed E-state index contributed by atoms with van der Waals surface area (Å²) in [5.74, 6) is -1.73. The monoisotopic (exact) mass is 170 g/mol. The minimum absolute atomic E-state index is 0.409. The summed E-state index contributed by atoms with van der Waals surface area (Å²) in [7, 11) is 0. The highest BCUT2D eigenvalue weighted by molar-refractivity contribution is 5.90. The second-order valence-corrected chi connectivity index (χ2v) is 3.17. The van der Waals surface area contributed by atoms with Crippen LogP contribution in [-0.4, -0.2) is 16.9 Å². The average Bonchev–Trinajstić information content (AvgIpc) is 2.24. The van der Waals surface area contributed by atoms with Gasteiger partial charge in [0.05, 0.1) is 0 Å². The number of rotatable bonds is 3. The van der Waals surface area contributed by atoms with E-state index in [1.165, 1.54) is 6.08 Å². The van der Waals surface area contributed by atoms with Gasteiger partial charge in [-0.15, -0.1) is 0 Å². The molecule has 0 saturated heterocycles. The number of aliphatic hydroxyl groups is 1. The molecule has 1 aliphatic rings. The van der Waals surface area contributed by atoms with Crippen LogP contribution >= 0.6 is 0 Å². The van der Waals surface area contributed by atoms with Gasteiger partial charge in [-0.05, 0) is 19.4 Å². The van der Waals surface area contributed by atoms with E-state index in [0.29, 0.717) is 12.0 Å². The van der Waals surface area contributed by atoms with E-state index in [2.05, 4.69) is 0 Å². The summed E-state index contributed by atoms with van der Waals surface area (Å²) in [4.78, 5) is 10.9. The van der Waals surface area contributed by atoms with Gasteiger partial charge in [-0.2, -0.15) is 0 Å². The Morgan fingerprint density at radius 2 is 2.33 bits per heavy atom. The molecule has 0 saturated carbocycles. The third-order valence-corrected chi connectivity index (χ3v) is 1.92. The Labute approximate surface area is 72.0 Å². The summed E-state index contributed by atoms with van der Waals surface area (Å²) >= 11 is 0. The summed E-state index contributed by atoms with van der Waals surface area (Å²) in [6, 6.07) is 0. The highest BCUT2D eigenvalue weighted by atomic mass is 16.7. The molecule has 3 heteroatoms. The summed E-state index contributed by atoms with van der Waals surface area (Å²) < 4.78 is 4.79. The maximum absolute atomic E-state index is 10.9. The van der Waals surface area contributed by atoms with E-state index in [1.54, 1.807) is 6.92 Å². The molecule has 0 aromatic carbocycles. The lowest BCUT2D eigenvalue weighted by Gasteiger charge is -2.18. The van der Waals surface area contributed by atoms with Gasteiger partial charge in [0, 0.05) is 12.0 Å². The smallest absolute Gasteiger partial charge is 0.336 e. The van der Waals surface area contributed by atoms with Crippen LogP contribution in [0.25, 0.3) is 0 Å². The van der Waals surface area contributed by atoms with Crippen LogP contribution in [0.5, 0.6) is 0 Å². The van der Waals surface area contributed by atoms with E-state index in [0.717, 1.165) is 12.8 Å². The molecule has 1 aliphatic heterocycles. The van der Waals surface area contributed by atoms with Gasteiger partial charge >= 0.3 is 5.97 Å². The summed E-state index contributed by atoms with van der Waals surface area (Å²) in [5.41, 5.74) is 0.494. The van der Waals surface area contributed by atoms with E-state index in [9.17, 15) is 9.90 Å². The zero-order valence-electron chi connectivity index (χ0n) is 7.46. The van der Waals surface area contributed by atoms with E-state index in [-0.39, 0.29) is 0 Å². The van der Waals surface area contributed by atoms with Crippen LogP contribution in [0.1, 0.15) is 33.1 Å². The maximum Gasteiger partial charge on any atom is 0.336 e. The van der Waals surface area contributed by atoms with Gasteiger partial charge in [-0.3, -0.25) is 0 Å². The van der Waals surface area contributed by atoms with Crippen LogP contribution < -0.4 is 0 Å². The molecule has 1 atom stereocenters. The Kier molecular flexibility index (Phi) is 2.52. The van der Waals surface area contributed by atoms with Crippen molar-refractivity contribution < 1.29 is 14.6 Å². The van der Waals surface area contributed by atoms with E-state index in [1.807, 2.05) is 6.92 Å². The molecule has 3 nitrogen and oxygen atoms in total. The third kappa shape index (κ3) is 1.85. The molecule has 0 bridgehead atoms. The molecular formula is C9H14O3. The SMILES string of the molecule is CCCCC1(O)C=C(C)C(=O)O1. The van der Waals surface area contributed by atoms with Gasteiger partial charge in [-0.25, -0.2) is 4.79 Å². The molecule has 0 aliphatic carbocycles. The first-order valence-electron chi connectivity index (χ1n) is 4.22. The lowest BCUT2D eigenvalue weighted by Crippen LogP contribution is -2.27. The first kappa shape index (κ1) is 9.26. The topological polar surface area (TPSA) is 46.5 Å². The lowest BCUT2D eigenvalue weighted by molar-refractivity contribution is -0.180. The number of hydrogen-bond donors (Lipinski definition) is 1. The Morgan fingerprint density at radius 3 is 2.75 bits per heavy atom. The van der Waals surface area contributed by atoms with E-state index < -0.39 is 11.8 Å². The molecule has 1 N–H and O–H groups in total. The van der Waals surface area contributed by atoms with Crippen molar-refractivity contribution in [1.82, 2.24) is 0 Å². The molecule has 1 unspecified atom stereocenters. The van der Waals surface area contributed by atoms with Crippen molar-refractivity contribution in [2.75, 3.05) is 0 Å². The number of ether oxygens (including phenoxy) is 1. The number of cyclic esters (lactones) is 1. The number of carbonyl (C=O) groups excluding carboxylic acids is 1. The standard InChI is InChI=1S/C9H14O3/c1-3-4-5-9(11)6-7(2)8(10)12-9/h6,11H,3-5H2,1-2H3. The van der Waals surface area contributed by atoms with Crippen molar-refractivity contribution in [2.24, 2.45) is 0 Å². The molecular weight excluding hydrogens is 156 g/mol. The zero-order chi connectivity index (χ0) is 9.19. The number of unbranched alkanes of at least 4 members (excludes halogenated alkanes) is 1. The number of carbonyl (C=O) groups is 1. The minimum atomic E-state index is -1.32. The Morgan fingerprint density at radius 1 is 1.67 bits per heavy atom. The van der Waals surface area contributed by atoms with Crippen molar-refractivity contribution in [3.8, 4) is 0 Å². The highest BCUT2D eigenvalue weighted by Crippen LogP contribution is 2.26. The van der Waals surface area contributed by atoms with Crippen molar-refractivity contribution in [3.05, 3.63) is 11.6 Å². The molecule has 0 fully saturated rings. The van der Waals surface area contributed by atoms with Crippen molar-refractivity contribution in [1.29, 1.82) is 0 Å². The molecule has 1 rings (SSSR count). The van der Waals surface area contributed by atoms with Crippen LogP contribution in [-0.2, 0) is 9.53 Å². The van der Waals surface area contributed by atoms with Gasteiger partial charge in [0.1, 0.15) is 0 Å². The molecule has 0 radical (unpaired) electrons. The quantitative estimate of drug-likeness (QED) is 0.651. The molecule has 12 heavy (non-hydrogen) atoms. The molecule has 0 aromatic heterocycles. The largest absolute Gasteiger partial charge is 0.426 e. The highest BCUT2D eigenvalue weighted by Gasteiger charge is 2.35. The van der Waals surface area contributed by atoms with Gasteiger partial charge < -0.3 is 9.84 Å². The molecule has 1 heterocycles. The van der Waals surface area contributed by atoms with Crippen LogP contribution in [0.2, 0.25) is 0 Å². The summed E-state index contributed by atoms with van der Waals surface area (Å²) in [5, 5.41) is 9.64. The van der Waals surface area contributed by atoms with Crippen molar-refractivity contribution in [2.45, 2.75) is 38.9 Å². The Bertz CT molecular complexity index is 220.